The Bertz CT molecular complexity index is 491. The lowest BCUT2D eigenvalue weighted by atomic mass is 9.98. The molecular formula is C23H39N. The summed E-state index contributed by atoms with van der Waals surface area (Å²) in [6.07, 6.45) is 13.6. The fourth-order valence-corrected chi connectivity index (χ4v) is 1.85. The topological polar surface area (TPSA) is 12.0 Å². The van der Waals surface area contributed by atoms with Gasteiger partial charge < -0.3 is 5.32 Å². The standard InChI is InChI=1S/C12H17N.C6H12.C5H10/c1-5-6-11-9(2)7-10(3)12(11)8-13-4;1-5-6(2,3)4;1-3-5-4-2/h5-7,13H,2,8H2,1,3-4H3;5H,1H2,2-4H3;3,5H,4H2,1-2H3/b6-5-;;5-3-. The van der Waals surface area contributed by atoms with E-state index in [1.807, 2.05) is 27.0 Å². The van der Waals surface area contributed by atoms with Crippen molar-refractivity contribution in [2.24, 2.45) is 5.41 Å². The van der Waals surface area contributed by atoms with E-state index < -0.39 is 0 Å². The Morgan fingerprint density at radius 1 is 1.17 bits per heavy atom. The molecule has 0 fully saturated rings. The SMILES string of the molecule is C/C=C\CC.C=C1C=C(C)C(CNC)=C1/C=C\C.C=CC(C)(C)C. The van der Waals surface area contributed by atoms with Crippen LogP contribution in [0.4, 0.5) is 0 Å². The molecule has 0 heterocycles. The Balaban J connectivity index is 0. The first-order valence-electron chi connectivity index (χ1n) is 8.81. The Morgan fingerprint density at radius 2 is 1.71 bits per heavy atom. The zero-order valence-corrected chi connectivity index (χ0v) is 17.3. The molecule has 0 aliphatic heterocycles. The summed E-state index contributed by atoms with van der Waals surface area (Å²) >= 11 is 0. The highest BCUT2D eigenvalue weighted by Gasteiger charge is 2.14. The second kappa shape index (κ2) is 13.8. The Kier molecular flexibility index (Phi) is 14.2. The van der Waals surface area contributed by atoms with Gasteiger partial charge in [0.15, 0.2) is 0 Å². The van der Waals surface area contributed by atoms with Crippen LogP contribution in [0.25, 0.3) is 0 Å². The third kappa shape index (κ3) is 11.9. The van der Waals surface area contributed by atoms with Crippen molar-refractivity contribution in [3.8, 4) is 0 Å². The predicted molar refractivity (Wildman–Crippen MR) is 113 cm³/mol. The van der Waals surface area contributed by atoms with E-state index >= 15 is 0 Å². The number of hydrogen-bond acceptors (Lipinski definition) is 1. The van der Waals surface area contributed by atoms with Gasteiger partial charge in [-0.3, -0.25) is 0 Å². The molecule has 24 heavy (non-hydrogen) atoms. The number of likely N-dealkylation sites (N-methyl/N-ethyl adjacent to an activating group) is 1. The lowest BCUT2D eigenvalue weighted by Crippen LogP contribution is -2.11. The lowest BCUT2D eigenvalue weighted by molar-refractivity contribution is 0.546. The summed E-state index contributed by atoms with van der Waals surface area (Å²) in [5, 5.41) is 3.18. The summed E-state index contributed by atoms with van der Waals surface area (Å²) in [6.45, 7) is 23.3. The fraction of sp³-hybridized carbons (Fsp3) is 0.478. The Labute approximate surface area is 151 Å². The molecule has 1 heteroatoms. The monoisotopic (exact) mass is 329 g/mol. The van der Waals surface area contributed by atoms with Crippen LogP contribution in [-0.2, 0) is 0 Å². The first kappa shape index (κ1) is 24.6. The van der Waals surface area contributed by atoms with Crippen LogP contribution < -0.4 is 5.32 Å². The van der Waals surface area contributed by atoms with Gasteiger partial charge in [-0.2, -0.15) is 0 Å². The van der Waals surface area contributed by atoms with Crippen LogP contribution in [0, 0.1) is 5.41 Å². The highest BCUT2D eigenvalue weighted by atomic mass is 14.8. The molecule has 1 rings (SSSR count). The van der Waals surface area contributed by atoms with Gasteiger partial charge in [-0.25, -0.2) is 0 Å². The molecule has 0 aromatic heterocycles. The summed E-state index contributed by atoms with van der Waals surface area (Å²) in [7, 11) is 1.97. The van der Waals surface area contributed by atoms with Crippen LogP contribution in [-0.4, -0.2) is 13.6 Å². The number of rotatable bonds is 4. The number of hydrogen-bond donors (Lipinski definition) is 1. The molecular weight excluding hydrogens is 290 g/mol. The predicted octanol–water partition coefficient (Wildman–Crippen LogP) is 6.79. The molecule has 0 unspecified atom stereocenters. The van der Waals surface area contributed by atoms with Gasteiger partial charge in [-0.05, 0) is 61.9 Å². The van der Waals surface area contributed by atoms with E-state index in [9.17, 15) is 0 Å². The van der Waals surface area contributed by atoms with E-state index in [-0.39, 0.29) is 0 Å². The maximum Gasteiger partial charge on any atom is 0.0211 e. The van der Waals surface area contributed by atoms with Gasteiger partial charge in [0.25, 0.3) is 0 Å². The molecule has 0 radical (unpaired) electrons. The molecule has 0 atom stereocenters. The molecule has 1 nitrogen and oxygen atoms in total. The summed E-state index contributed by atoms with van der Waals surface area (Å²) in [4.78, 5) is 0. The molecule has 0 spiro atoms. The second-order valence-electron chi connectivity index (χ2n) is 6.82. The zero-order chi connectivity index (χ0) is 19.2. The van der Waals surface area contributed by atoms with Crippen molar-refractivity contribution in [2.75, 3.05) is 13.6 Å². The quantitative estimate of drug-likeness (QED) is 0.560. The van der Waals surface area contributed by atoms with Crippen LogP contribution in [0.3, 0.4) is 0 Å². The maximum absolute atomic E-state index is 4.02. The molecule has 1 N–H and O–H groups in total. The van der Waals surface area contributed by atoms with E-state index in [0.29, 0.717) is 5.41 Å². The first-order valence-corrected chi connectivity index (χ1v) is 8.81. The largest absolute Gasteiger partial charge is 0.316 e. The van der Waals surface area contributed by atoms with Crippen molar-refractivity contribution < 1.29 is 0 Å². The van der Waals surface area contributed by atoms with Crippen LogP contribution in [0.5, 0.6) is 0 Å². The zero-order valence-electron chi connectivity index (χ0n) is 17.3. The summed E-state index contributed by atoms with van der Waals surface area (Å²) in [5.74, 6) is 0. The van der Waals surface area contributed by atoms with E-state index in [0.717, 1.165) is 18.5 Å². The first-order chi connectivity index (χ1) is 11.2. The Morgan fingerprint density at radius 3 is 2.00 bits per heavy atom. The van der Waals surface area contributed by atoms with Gasteiger partial charge in [-0.1, -0.05) is 70.7 Å². The van der Waals surface area contributed by atoms with Gasteiger partial charge >= 0.3 is 0 Å². The van der Waals surface area contributed by atoms with Crippen molar-refractivity contribution in [3.63, 3.8) is 0 Å². The lowest BCUT2D eigenvalue weighted by Gasteiger charge is -2.08. The number of nitrogens with one attached hydrogen (secondary N) is 1. The van der Waals surface area contributed by atoms with Crippen molar-refractivity contribution in [1.29, 1.82) is 0 Å². The third-order valence-electron chi connectivity index (χ3n) is 3.31. The number of allylic oxidation sites excluding steroid dienone is 8. The van der Waals surface area contributed by atoms with Gasteiger partial charge in [0.2, 0.25) is 0 Å². The molecule has 0 saturated heterocycles. The van der Waals surface area contributed by atoms with Crippen LogP contribution in [0.1, 0.15) is 54.9 Å². The average molecular weight is 330 g/mol. The summed E-state index contributed by atoms with van der Waals surface area (Å²) in [5.41, 5.74) is 5.40. The Hall–Kier alpha value is -1.60. The fourth-order valence-electron chi connectivity index (χ4n) is 1.85. The molecule has 0 bridgehead atoms. The van der Waals surface area contributed by atoms with E-state index in [1.54, 1.807) is 0 Å². The van der Waals surface area contributed by atoms with Crippen molar-refractivity contribution in [1.82, 2.24) is 5.32 Å². The minimum absolute atomic E-state index is 0.306. The van der Waals surface area contributed by atoms with E-state index in [2.05, 4.69) is 83.5 Å². The van der Waals surface area contributed by atoms with E-state index in [4.69, 9.17) is 0 Å². The normalized spacial score (nSPS) is 14.3. The van der Waals surface area contributed by atoms with E-state index in [1.165, 1.54) is 16.7 Å². The third-order valence-corrected chi connectivity index (χ3v) is 3.31. The van der Waals surface area contributed by atoms with Crippen molar-refractivity contribution >= 4 is 0 Å². The van der Waals surface area contributed by atoms with Crippen LogP contribution >= 0.6 is 0 Å². The maximum atomic E-state index is 4.02. The van der Waals surface area contributed by atoms with Gasteiger partial charge in [0.05, 0.1) is 0 Å². The summed E-state index contributed by atoms with van der Waals surface area (Å²) < 4.78 is 0. The van der Waals surface area contributed by atoms with Crippen LogP contribution in [0.2, 0.25) is 0 Å². The van der Waals surface area contributed by atoms with Gasteiger partial charge in [0.1, 0.15) is 0 Å². The average Bonchev–Trinajstić information content (AvgIpc) is 2.76. The molecule has 0 aromatic rings. The summed E-state index contributed by atoms with van der Waals surface area (Å²) in [6, 6.07) is 0. The molecule has 0 aromatic carbocycles. The minimum Gasteiger partial charge on any atom is -0.316 e. The minimum atomic E-state index is 0.306. The van der Waals surface area contributed by atoms with Crippen molar-refractivity contribution in [3.05, 3.63) is 71.9 Å². The molecule has 1 aliphatic rings. The smallest absolute Gasteiger partial charge is 0.0211 e. The van der Waals surface area contributed by atoms with Crippen LogP contribution in [0.15, 0.2) is 71.9 Å². The van der Waals surface area contributed by atoms with Gasteiger partial charge in [0, 0.05) is 6.54 Å². The highest BCUT2D eigenvalue weighted by molar-refractivity contribution is 5.61. The molecule has 1 aliphatic carbocycles. The molecule has 0 saturated carbocycles. The molecule has 136 valence electrons. The van der Waals surface area contributed by atoms with Crippen molar-refractivity contribution in [2.45, 2.75) is 54.9 Å². The molecule has 0 amide bonds. The second-order valence-corrected chi connectivity index (χ2v) is 6.82. The van der Waals surface area contributed by atoms with Gasteiger partial charge in [-0.15, -0.1) is 6.58 Å². The highest BCUT2D eigenvalue weighted by Crippen LogP contribution is 2.29.